The maximum absolute atomic E-state index is 12.7. The lowest BCUT2D eigenvalue weighted by Gasteiger charge is -2.23. The highest BCUT2D eigenvalue weighted by molar-refractivity contribution is 5.95. The average molecular weight is 455 g/mol. The van der Waals surface area contributed by atoms with Gasteiger partial charge in [-0.2, -0.15) is 0 Å². The number of hydrogen-bond donors (Lipinski definition) is 8. The monoisotopic (exact) mass is 455 g/mol. The molecule has 10 N–H and O–H groups in total. The highest BCUT2D eigenvalue weighted by Gasteiger charge is 2.31. The van der Waals surface area contributed by atoms with Gasteiger partial charge in [-0.1, -0.05) is 0 Å². The van der Waals surface area contributed by atoms with E-state index in [1.165, 1.54) is 12.5 Å². The van der Waals surface area contributed by atoms with Gasteiger partial charge in [0.25, 0.3) is 0 Å². The van der Waals surface area contributed by atoms with Crippen LogP contribution >= 0.6 is 0 Å². The molecule has 1 aromatic rings. The molecule has 32 heavy (non-hydrogen) atoms. The lowest BCUT2D eigenvalue weighted by Crippen LogP contribution is -2.57. The number of nitrogens with one attached hydrogen (secondary N) is 4. The third kappa shape index (κ3) is 9.53. The molecule has 0 fully saturated rings. The minimum Gasteiger partial charge on any atom is -0.481 e. The summed E-state index contributed by atoms with van der Waals surface area (Å²) in [6.07, 6.45) is 3.04. The van der Waals surface area contributed by atoms with Gasteiger partial charge >= 0.3 is 11.9 Å². The molecule has 0 aromatic carbocycles. The highest BCUT2D eigenvalue weighted by Crippen LogP contribution is 2.05. The van der Waals surface area contributed by atoms with Crippen LogP contribution in [-0.4, -0.2) is 81.1 Å². The van der Waals surface area contributed by atoms with Gasteiger partial charge in [-0.3, -0.25) is 19.2 Å². The van der Waals surface area contributed by atoms with Crippen molar-refractivity contribution in [2.24, 2.45) is 11.5 Å². The molecule has 0 aliphatic rings. The summed E-state index contributed by atoms with van der Waals surface area (Å²) in [5, 5.41) is 25.4. The Labute approximate surface area is 183 Å². The zero-order chi connectivity index (χ0) is 24.1. The second-order valence-electron chi connectivity index (χ2n) is 6.95. The molecule has 0 saturated heterocycles. The van der Waals surface area contributed by atoms with Crippen LogP contribution in [-0.2, 0) is 30.4 Å². The summed E-state index contributed by atoms with van der Waals surface area (Å²) < 4.78 is 0. The number of hydrogen-bond acceptors (Lipinski definition) is 8. The number of nitrogens with two attached hydrogens (primary N) is 2. The first-order valence-corrected chi connectivity index (χ1v) is 9.90. The third-order valence-corrected chi connectivity index (χ3v) is 4.39. The van der Waals surface area contributed by atoms with E-state index < -0.39 is 54.2 Å². The Morgan fingerprint density at radius 2 is 1.62 bits per heavy atom. The second-order valence-corrected chi connectivity index (χ2v) is 6.95. The van der Waals surface area contributed by atoms with Crippen LogP contribution < -0.4 is 27.4 Å². The number of H-pyrrole nitrogens is 1. The fourth-order valence-corrected chi connectivity index (χ4v) is 2.76. The standard InChI is InChI=1S/C18H29N7O7/c19-4-2-1-3-11(23-14(26)7-20)16(29)24-12(6-15(27)28)17(30)25-13(18(31)32)5-10-8-21-9-22-10/h8-9,11-13H,1-7,19-20H2,(H,21,22)(H,23,26)(H,24,29)(H,25,30)(H,27,28)(H,31,32). The van der Waals surface area contributed by atoms with E-state index in [1.807, 2.05) is 0 Å². The molecular formula is C18H29N7O7. The maximum atomic E-state index is 12.7. The predicted octanol–water partition coefficient (Wildman–Crippen LogP) is -2.95. The molecule has 0 bridgehead atoms. The van der Waals surface area contributed by atoms with Crippen LogP contribution in [0.1, 0.15) is 31.4 Å². The molecule has 1 heterocycles. The van der Waals surface area contributed by atoms with Crippen molar-refractivity contribution in [1.29, 1.82) is 0 Å². The number of amides is 3. The summed E-state index contributed by atoms with van der Waals surface area (Å²) in [4.78, 5) is 66.1. The zero-order valence-corrected chi connectivity index (χ0v) is 17.4. The molecule has 1 rings (SSSR count). The summed E-state index contributed by atoms with van der Waals surface area (Å²) in [6, 6.07) is -4.04. The van der Waals surface area contributed by atoms with Crippen molar-refractivity contribution in [2.75, 3.05) is 13.1 Å². The van der Waals surface area contributed by atoms with Gasteiger partial charge in [0, 0.05) is 18.3 Å². The number of carbonyl (C=O) groups is 5. The summed E-state index contributed by atoms with van der Waals surface area (Å²) in [5.74, 6) is -5.16. The Hall–Kier alpha value is -3.52. The van der Waals surface area contributed by atoms with Crippen molar-refractivity contribution in [2.45, 2.75) is 50.2 Å². The lowest BCUT2D eigenvalue weighted by molar-refractivity contribution is -0.143. The van der Waals surface area contributed by atoms with Gasteiger partial charge in [0.2, 0.25) is 17.7 Å². The SMILES string of the molecule is NCCCCC(NC(=O)CN)C(=O)NC(CC(=O)O)C(=O)NC(Cc1cnc[nH]1)C(=O)O. The number of aromatic amines is 1. The summed E-state index contributed by atoms with van der Waals surface area (Å²) in [7, 11) is 0. The van der Waals surface area contributed by atoms with Crippen LogP contribution in [0, 0.1) is 0 Å². The van der Waals surface area contributed by atoms with Gasteiger partial charge in [0.15, 0.2) is 0 Å². The number of unbranched alkanes of at least 4 members (excludes halogenated alkanes) is 1. The molecule has 178 valence electrons. The van der Waals surface area contributed by atoms with Crippen molar-refractivity contribution in [3.63, 3.8) is 0 Å². The quantitative estimate of drug-likeness (QED) is 0.125. The predicted molar refractivity (Wildman–Crippen MR) is 110 cm³/mol. The molecule has 14 heteroatoms. The third-order valence-electron chi connectivity index (χ3n) is 4.39. The Kier molecular flexibility index (Phi) is 11.4. The van der Waals surface area contributed by atoms with Crippen LogP contribution in [0.3, 0.4) is 0 Å². The van der Waals surface area contributed by atoms with Gasteiger partial charge < -0.3 is 42.6 Å². The first kappa shape index (κ1) is 26.5. The van der Waals surface area contributed by atoms with Crippen LogP contribution in [0.2, 0.25) is 0 Å². The van der Waals surface area contributed by atoms with E-state index in [0.29, 0.717) is 25.1 Å². The first-order valence-electron chi connectivity index (χ1n) is 9.90. The number of aromatic nitrogens is 2. The van der Waals surface area contributed by atoms with Gasteiger partial charge in [-0.15, -0.1) is 0 Å². The van der Waals surface area contributed by atoms with Crippen LogP contribution in [0.5, 0.6) is 0 Å². The van der Waals surface area contributed by atoms with Crippen LogP contribution in [0.15, 0.2) is 12.5 Å². The van der Waals surface area contributed by atoms with Crippen molar-refractivity contribution in [3.8, 4) is 0 Å². The molecule has 3 atom stereocenters. The lowest BCUT2D eigenvalue weighted by atomic mass is 10.1. The summed E-state index contributed by atoms with van der Waals surface area (Å²) >= 11 is 0. The number of carbonyl (C=O) groups excluding carboxylic acids is 3. The molecule has 14 nitrogen and oxygen atoms in total. The molecule has 3 unspecified atom stereocenters. The summed E-state index contributed by atoms with van der Waals surface area (Å²) in [5.41, 5.74) is 11.1. The molecule has 0 saturated carbocycles. The number of carboxylic acid groups (broad SMARTS) is 2. The van der Waals surface area contributed by atoms with E-state index in [1.54, 1.807) is 0 Å². The van der Waals surface area contributed by atoms with Crippen molar-refractivity contribution in [3.05, 3.63) is 18.2 Å². The van der Waals surface area contributed by atoms with Crippen molar-refractivity contribution >= 4 is 29.7 Å². The van der Waals surface area contributed by atoms with Gasteiger partial charge in [-0.25, -0.2) is 9.78 Å². The number of aliphatic carboxylic acids is 2. The van der Waals surface area contributed by atoms with Crippen molar-refractivity contribution < 1.29 is 34.2 Å². The normalized spacial score (nSPS) is 13.4. The number of nitrogens with zero attached hydrogens (tertiary/aromatic N) is 1. The number of rotatable bonds is 15. The molecule has 3 amide bonds. The van der Waals surface area contributed by atoms with E-state index in [-0.39, 0.29) is 19.4 Å². The second kappa shape index (κ2) is 13.7. The van der Waals surface area contributed by atoms with E-state index in [0.717, 1.165) is 0 Å². The zero-order valence-electron chi connectivity index (χ0n) is 17.4. The highest BCUT2D eigenvalue weighted by atomic mass is 16.4. The molecule has 0 aliphatic heterocycles. The molecular weight excluding hydrogens is 426 g/mol. The minimum absolute atomic E-state index is 0.136. The molecule has 0 radical (unpaired) electrons. The van der Waals surface area contributed by atoms with E-state index >= 15 is 0 Å². The smallest absolute Gasteiger partial charge is 0.326 e. The van der Waals surface area contributed by atoms with Gasteiger partial charge in [0.05, 0.1) is 19.3 Å². The molecule has 1 aromatic heterocycles. The Bertz CT molecular complexity index is 785. The molecule has 0 aliphatic carbocycles. The Morgan fingerprint density at radius 3 is 2.16 bits per heavy atom. The maximum Gasteiger partial charge on any atom is 0.326 e. The average Bonchev–Trinajstić information content (AvgIpc) is 3.24. The largest absolute Gasteiger partial charge is 0.481 e. The first-order chi connectivity index (χ1) is 15.2. The van der Waals surface area contributed by atoms with E-state index in [2.05, 4.69) is 25.9 Å². The topological polar surface area (TPSA) is 243 Å². The Balaban J connectivity index is 2.91. The number of imidazole rings is 1. The number of carboxylic acids is 2. The van der Waals surface area contributed by atoms with Gasteiger partial charge in [-0.05, 0) is 25.8 Å². The van der Waals surface area contributed by atoms with Crippen LogP contribution in [0.4, 0.5) is 0 Å². The van der Waals surface area contributed by atoms with E-state index in [4.69, 9.17) is 16.6 Å². The van der Waals surface area contributed by atoms with Crippen LogP contribution in [0.25, 0.3) is 0 Å². The summed E-state index contributed by atoms with van der Waals surface area (Å²) in [6.45, 7) is 0.00370. The fraction of sp³-hybridized carbons (Fsp3) is 0.556. The molecule has 0 spiro atoms. The van der Waals surface area contributed by atoms with Gasteiger partial charge in [0.1, 0.15) is 18.1 Å². The minimum atomic E-state index is -1.57. The van der Waals surface area contributed by atoms with Crippen molar-refractivity contribution in [1.82, 2.24) is 25.9 Å². The van der Waals surface area contributed by atoms with E-state index in [9.17, 15) is 29.1 Å². The Morgan fingerprint density at radius 1 is 0.969 bits per heavy atom. The fourth-order valence-electron chi connectivity index (χ4n) is 2.76.